The predicted molar refractivity (Wildman–Crippen MR) is 99.8 cm³/mol. The van der Waals surface area contributed by atoms with Crippen LogP contribution in [0.25, 0.3) is 0 Å². The molecule has 1 N–H and O–H groups in total. The monoisotopic (exact) mass is 372 g/mol. The summed E-state index contributed by atoms with van der Waals surface area (Å²) in [6, 6.07) is 5.60. The lowest BCUT2D eigenvalue weighted by Crippen LogP contribution is -2.16. The molecule has 1 amide bonds. The minimum absolute atomic E-state index is 0.173. The maximum Gasteiger partial charge on any atom is 0.281 e. The molecule has 1 aliphatic carbocycles. The van der Waals surface area contributed by atoms with Crippen LogP contribution in [-0.4, -0.2) is 26.0 Å². The van der Waals surface area contributed by atoms with Gasteiger partial charge in [-0.05, 0) is 49.4 Å². The summed E-state index contributed by atoms with van der Waals surface area (Å²) in [4.78, 5) is 14.4. The Kier molecular flexibility index (Phi) is 4.79. The highest BCUT2D eigenvalue weighted by Gasteiger charge is 2.20. The van der Waals surface area contributed by atoms with Gasteiger partial charge in [-0.2, -0.15) is 5.10 Å². The summed E-state index contributed by atoms with van der Waals surface area (Å²) in [5.74, 6) is 1.61. The fraction of sp³-hybridized carbons (Fsp3) is 0.368. The smallest absolute Gasteiger partial charge is 0.281 e. The zero-order valence-electron chi connectivity index (χ0n) is 14.5. The van der Waals surface area contributed by atoms with Gasteiger partial charge in [0.1, 0.15) is 0 Å². The number of aryl methyl sites for hydroxylation is 2. The van der Waals surface area contributed by atoms with Crippen LogP contribution in [-0.2, 0) is 12.8 Å². The highest BCUT2D eigenvalue weighted by molar-refractivity contribution is 7.14. The van der Waals surface area contributed by atoms with Crippen molar-refractivity contribution in [3.8, 4) is 17.2 Å². The molecule has 0 fully saturated rings. The summed E-state index contributed by atoms with van der Waals surface area (Å²) in [5.41, 5.74) is 4.68. The third-order valence-electron chi connectivity index (χ3n) is 4.53. The molecule has 26 heavy (non-hydrogen) atoms. The van der Waals surface area contributed by atoms with Crippen LogP contribution in [0.3, 0.4) is 0 Å². The van der Waals surface area contributed by atoms with Gasteiger partial charge in [0, 0.05) is 10.4 Å². The molecule has 0 radical (unpaired) electrons. The molecule has 0 bridgehead atoms. The molecule has 1 aromatic heterocycles. The molecular weight excluding hydrogens is 352 g/mol. The van der Waals surface area contributed by atoms with Crippen LogP contribution in [0, 0.1) is 0 Å². The van der Waals surface area contributed by atoms with Gasteiger partial charge < -0.3 is 14.2 Å². The van der Waals surface area contributed by atoms with Crippen LogP contribution in [0.4, 0.5) is 0 Å². The number of methoxy groups -OCH3 is 1. The van der Waals surface area contributed by atoms with E-state index in [4.69, 9.17) is 14.2 Å². The molecule has 1 aromatic carbocycles. The normalized spacial score (nSPS) is 15.6. The van der Waals surface area contributed by atoms with Crippen molar-refractivity contribution < 1.29 is 19.0 Å². The fourth-order valence-electron chi connectivity index (χ4n) is 3.22. The first-order valence-electron chi connectivity index (χ1n) is 8.67. The highest BCUT2D eigenvalue weighted by Crippen LogP contribution is 2.41. The maximum absolute atomic E-state index is 12.4. The quantitative estimate of drug-likeness (QED) is 0.506. The van der Waals surface area contributed by atoms with Crippen molar-refractivity contribution in [2.75, 3.05) is 13.9 Å². The Bertz CT molecular complexity index is 836. The van der Waals surface area contributed by atoms with Crippen molar-refractivity contribution in [1.82, 2.24) is 5.43 Å². The molecule has 2 aliphatic rings. The number of amides is 1. The number of fused-ring (bicyclic) bond motifs is 2. The van der Waals surface area contributed by atoms with E-state index in [-0.39, 0.29) is 12.7 Å². The average molecular weight is 372 g/mol. The Morgan fingerprint density at radius 1 is 1.23 bits per heavy atom. The van der Waals surface area contributed by atoms with E-state index < -0.39 is 0 Å². The third-order valence-corrected chi connectivity index (χ3v) is 5.77. The van der Waals surface area contributed by atoms with Crippen LogP contribution < -0.4 is 19.6 Å². The van der Waals surface area contributed by atoms with Crippen molar-refractivity contribution in [2.45, 2.75) is 32.1 Å². The van der Waals surface area contributed by atoms with Crippen molar-refractivity contribution in [3.05, 3.63) is 39.1 Å². The molecular formula is C19H20N2O4S. The lowest BCUT2D eigenvalue weighted by Gasteiger charge is -2.05. The van der Waals surface area contributed by atoms with Crippen molar-refractivity contribution in [3.63, 3.8) is 0 Å². The summed E-state index contributed by atoms with van der Waals surface area (Å²) < 4.78 is 16.0. The van der Waals surface area contributed by atoms with Gasteiger partial charge in [0.25, 0.3) is 5.91 Å². The highest BCUT2D eigenvalue weighted by atomic mass is 32.1. The molecule has 0 saturated carbocycles. The topological polar surface area (TPSA) is 69.2 Å². The number of hydrogen-bond donors (Lipinski definition) is 1. The minimum atomic E-state index is -0.174. The van der Waals surface area contributed by atoms with E-state index in [2.05, 4.69) is 10.5 Å². The summed E-state index contributed by atoms with van der Waals surface area (Å²) in [5, 5.41) is 4.07. The van der Waals surface area contributed by atoms with Gasteiger partial charge in [0.05, 0.1) is 18.2 Å². The lowest BCUT2D eigenvalue weighted by atomic mass is 10.1. The van der Waals surface area contributed by atoms with Gasteiger partial charge in [0.2, 0.25) is 12.5 Å². The number of hydrazone groups is 1. The molecule has 136 valence electrons. The van der Waals surface area contributed by atoms with Crippen LogP contribution in [0.15, 0.2) is 23.3 Å². The van der Waals surface area contributed by atoms with E-state index in [9.17, 15) is 4.79 Å². The Labute approximate surface area is 155 Å². The van der Waals surface area contributed by atoms with E-state index in [1.807, 2.05) is 6.07 Å². The number of nitrogens with zero attached hydrogens (tertiary/aromatic N) is 1. The predicted octanol–water partition coefficient (Wildman–Crippen LogP) is 3.52. The molecule has 0 atom stereocenters. The zero-order chi connectivity index (χ0) is 17.9. The number of thiophene rings is 1. The van der Waals surface area contributed by atoms with E-state index in [0.29, 0.717) is 17.2 Å². The number of carbonyl (C=O) groups is 1. The second-order valence-corrected chi connectivity index (χ2v) is 7.41. The molecule has 6 nitrogen and oxygen atoms in total. The van der Waals surface area contributed by atoms with Crippen LogP contribution in [0.5, 0.6) is 17.2 Å². The second-order valence-electron chi connectivity index (χ2n) is 6.28. The molecule has 7 heteroatoms. The molecule has 0 saturated heterocycles. The zero-order valence-corrected chi connectivity index (χ0v) is 15.4. The van der Waals surface area contributed by atoms with Crippen molar-refractivity contribution >= 4 is 23.5 Å². The van der Waals surface area contributed by atoms with Gasteiger partial charge in [-0.3, -0.25) is 4.79 Å². The van der Waals surface area contributed by atoms with E-state index >= 15 is 0 Å². The standard InChI is InChI=1S/C19H20N2O4S/c1-23-14-7-12(8-15-18(14)25-11-24-15)10-20-21-19(22)17-9-13-5-3-2-4-6-16(13)26-17/h7-10H,2-6,11H2,1H3,(H,21,22)/b20-10-. The van der Waals surface area contributed by atoms with Crippen LogP contribution in [0.2, 0.25) is 0 Å². The number of ether oxygens (including phenoxy) is 3. The number of carbonyl (C=O) groups excluding carboxylic acids is 1. The first-order chi connectivity index (χ1) is 12.7. The lowest BCUT2D eigenvalue weighted by molar-refractivity contribution is 0.0959. The number of nitrogens with one attached hydrogen (secondary N) is 1. The first kappa shape index (κ1) is 16.9. The first-order valence-corrected chi connectivity index (χ1v) is 9.49. The summed E-state index contributed by atoms with van der Waals surface area (Å²) in [7, 11) is 1.57. The average Bonchev–Trinajstić information content (AvgIpc) is 3.23. The van der Waals surface area contributed by atoms with E-state index in [0.717, 1.165) is 23.3 Å². The minimum Gasteiger partial charge on any atom is -0.493 e. The van der Waals surface area contributed by atoms with Crippen LogP contribution in [0.1, 0.15) is 44.9 Å². The summed E-state index contributed by atoms with van der Waals surface area (Å²) in [6.45, 7) is 0.173. The van der Waals surface area contributed by atoms with E-state index in [1.54, 1.807) is 36.8 Å². The Balaban J connectivity index is 1.45. The maximum atomic E-state index is 12.4. The molecule has 2 heterocycles. The summed E-state index contributed by atoms with van der Waals surface area (Å²) in [6.07, 6.45) is 7.40. The van der Waals surface area contributed by atoms with E-state index in [1.165, 1.54) is 29.7 Å². The van der Waals surface area contributed by atoms with Gasteiger partial charge in [-0.1, -0.05) is 6.42 Å². The Morgan fingerprint density at radius 3 is 3.00 bits per heavy atom. The van der Waals surface area contributed by atoms with Gasteiger partial charge in [-0.15, -0.1) is 11.3 Å². The molecule has 2 aromatic rings. The molecule has 1 aliphatic heterocycles. The molecule has 4 rings (SSSR count). The Morgan fingerprint density at radius 2 is 2.12 bits per heavy atom. The Hall–Kier alpha value is -2.54. The number of hydrogen-bond acceptors (Lipinski definition) is 6. The van der Waals surface area contributed by atoms with Crippen molar-refractivity contribution in [2.24, 2.45) is 5.10 Å². The SMILES string of the molecule is COc1cc(/C=N\NC(=O)c2cc3c(s2)CCCCC3)cc2c1OCO2. The number of rotatable bonds is 4. The van der Waals surface area contributed by atoms with Crippen LogP contribution >= 0.6 is 11.3 Å². The van der Waals surface area contributed by atoms with Gasteiger partial charge in [-0.25, -0.2) is 5.43 Å². The third kappa shape index (κ3) is 3.39. The van der Waals surface area contributed by atoms with Crippen molar-refractivity contribution in [1.29, 1.82) is 0 Å². The fourth-order valence-corrected chi connectivity index (χ4v) is 4.37. The van der Waals surface area contributed by atoms with Gasteiger partial charge in [0.15, 0.2) is 11.5 Å². The summed E-state index contributed by atoms with van der Waals surface area (Å²) >= 11 is 1.58. The molecule has 0 spiro atoms. The largest absolute Gasteiger partial charge is 0.493 e. The number of benzene rings is 1. The van der Waals surface area contributed by atoms with Gasteiger partial charge >= 0.3 is 0 Å². The molecule has 0 unspecified atom stereocenters. The second kappa shape index (κ2) is 7.37.